The Morgan fingerprint density at radius 2 is 2.09 bits per heavy atom. The van der Waals surface area contributed by atoms with Gasteiger partial charge in [0.25, 0.3) is 0 Å². The van der Waals surface area contributed by atoms with Crippen molar-refractivity contribution in [2.45, 2.75) is 31.7 Å². The van der Waals surface area contributed by atoms with Crippen LogP contribution in [-0.4, -0.2) is 55.6 Å². The summed E-state index contributed by atoms with van der Waals surface area (Å²) in [5.74, 6) is 3.22. The van der Waals surface area contributed by atoms with Gasteiger partial charge in [-0.25, -0.2) is 19.6 Å². The largest absolute Gasteiger partial charge is 0.342 e. The molecule has 1 fully saturated rings. The number of benzene rings is 1. The topological polar surface area (TPSA) is 108 Å². The van der Waals surface area contributed by atoms with Crippen LogP contribution < -0.4 is 4.90 Å². The maximum atomic E-state index is 5.06. The molecule has 168 valence electrons. The second-order valence-electron chi connectivity index (χ2n) is 8.55. The van der Waals surface area contributed by atoms with E-state index in [4.69, 9.17) is 9.97 Å². The quantitative estimate of drug-likeness (QED) is 0.410. The summed E-state index contributed by atoms with van der Waals surface area (Å²) in [6, 6.07) is 8.00. The van der Waals surface area contributed by atoms with Gasteiger partial charge < -0.3 is 4.90 Å². The van der Waals surface area contributed by atoms with Gasteiger partial charge >= 0.3 is 0 Å². The lowest BCUT2D eigenvalue weighted by atomic mass is 9.90. The minimum atomic E-state index is -0.182. The molecule has 34 heavy (non-hydrogen) atoms. The molecular formula is C23H21N11. The molecular weight excluding hydrogens is 430 g/mol. The summed E-state index contributed by atoms with van der Waals surface area (Å²) in [5, 5.41) is 12.9. The summed E-state index contributed by atoms with van der Waals surface area (Å²) in [6.07, 6.45) is 13.5. The van der Waals surface area contributed by atoms with Crippen LogP contribution in [-0.2, 0) is 5.54 Å². The van der Waals surface area contributed by atoms with E-state index in [1.807, 2.05) is 45.8 Å². The Hall–Kier alpha value is -4.41. The molecule has 6 heterocycles. The highest BCUT2D eigenvalue weighted by atomic mass is 15.4. The van der Waals surface area contributed by atoms with E-state index in [-0.39, 0.29) is 5.54 Å². The molecule has 0 spiro atoms. The Labute approximate surface area is 194 Å². The van der Waals surface area contributed by atoms with Gasteiger partial charge in [-0.3, -0.25) is 9.13 Å². The van der Waals surface area contributed by atoms with Crippen molar-refractivity contribution in [1.29, 1.82) is 0 Å². The molecule has 11 nitrogen and oxygen atoms in total. The van der Waals surface area contributed by atoms with Crippen LogP contribution in [0, 0.1) is 0 Å². The predicted molar refractivity (Wildman–Crippen MR) is 123 cm³/mol. The fourth-order valence-electron chi connectivity index (χ4n) is 5.32. The van der Waals surface area contributed by atoms with Crippen LogP contribution in [0.1, 0.15) is 32.0 Å². The lowest BCUT2D eigenvalue weighted by Crippen LogP contribution is -2.46. The molecule has 11 heteroatoms. The van der Waals surface area contributed by atoms with E-state index in [0.29, 0.717) is 5.95 Å². The van der Waals surface area contributed by atoms with Gasteiger partial charge in [-0.1, -0.05) is 19.1 Å². The summed E-state index contributed by atoms with van der Waals surface area (Å²) in [4.78, 5) is 20.8. The van der Waals surface area contributed by atoms with Crippen LogP contribution in [0.15, 0.2) is 61.8 Å². The number of hydrogen-bond acceptors (Lipinski definition) is 8. The highest BCUT2D eigenvalue weighted by Crippen LogP contribution is 2.48. The first kappa shape index (κ1) is 19.1. The van der Waals surface area contributed by atoms with Gasteiger partial charge in [-0.15, -0.1) is 10.2 Å². The van der Waals surface area contributed by atoms with Gasteiger partial charge in [0.1, 0.15) is 36.0 Å². The van der Waals surface area contributed by atoms with Crippen molar-refractivity contribution in [2.24, 2.45) is 0 Å². The molecule has 7 rings (SSSR count). The molecule has 1 aromatic carbocycles. The summed E-state index contributed by atoms with van der Waals surface area (Å²) in [7, 11) is 0. The average Bonchev–Trinajstić information content (AvgIpc) is 3.70. The van der Waals surface area contributed by atoms with E-state index >= 15 is 0 Å². The van der Waals surface area contributed by atoms with Gasteiger partial charge in [-0.05, 0) is 31.4 Å². The van der Waals surface area contributed by atoms with E-state index in [1.165, 1.54) is 6.33 Å². The van der Waals surface area contributed by atoms with Crippen molar-refractivity contribution in [3.8, 4) is 28.7 Å². The van der Waals surface area contributed by atoms with Crippen molar-refractivity contribution < 1.29 is 0 Å². The van der Waals surface area contributed by atoms with Gasteiger partial charge in [0.15, 0.2) is 11.6 Å². The number of imidazole rings is 1. The SMILES string of the molecule is CC[C@@]12CCCN1c1nc(-n3ccnc3-c3cccc(-n4cncn4)c3)ncc1-n1cnnc12. The molecule has 2 aliphatic heterocycles. The maximum Gasteiger partial charge on any atom is 0.237 e. The molecule has 4 aromatic heterocycles. The average molecular weight is 451 g/mol. The minimum Gasteiger partial charge on any atom is -0.342 e. The monoisotopic (exact) mass is 451 g/mol. The van der Waals surface area contributed by atoms with E-state index in [2.05, 4.69) is 37.1 Å². The Morgan fingerprint density at radius 3 is 2.97 bits per heavy atom. The second kappa shape index (κ2) is 7.04. The fraction of sp³-hybridized carbons (Fsp3) is 0.261. The summed E-state index contributed by atoms with van der Waals surface area (Å²) < 4.78 is 5.69. The van der Waals surface area contributed by atoms with Crippen molar-refractivity contribution in [1.82, 2.24) is 49.0 Å². The van der Waals surface area contributed by atoms with Crippen LogP contribution >= 0.6 is 0 Å². The number of aromatic nitrogens is 10. The normalized spacial score (nSPS) is 18.6. The van der Waals surface area contributed by atoms with Crippen molar-refractivity contribution >= 4 is 5.82 Å². The Morgan fingerprint density at radius 1 is 1.12 bits per heavy atom. The lowest BCUT2D eigenvalue weighted by Gasteiger charge is -2.42. The molecule has 0 aliphatic carbocycles. The van der Waals surface area contributed by atoms with Crippen molar-refractivity contribution in [2.75, 3.05) is 11.4 Å². The summed E-state index contributed by atoms with van der Waals surface area (Å²) in [6.45, 7) is 3.14. The van der Waals surface area contributed by atoms with Crippen LogP contribution in [0.25, 0.3) is 28.7 Å². The van der Waals surface area contributed by atoms with Crippen LogP contribution in [0.5, 0.6) is 0 Å². The van der Waals surface area contributed by atoms with E-state index in [9.17, 15) is 0 Å². The minimum absolute atomic E-state index is 0.182. The second-order valence-corrected chi connectivity index (χ2v) is 8.55. The van der Waals surface area contributed by atoms with Crippen molar-refractivity contribution in [3.63, 3.8) is 0 Å². The van der Waals surface area contributed by atoms with Gasteiger partial charge in [0.05, 0.1) is 11.9 Å². The zero-order valence-corrected chi connectivity index (χ0v) is 18.5. The standard InChI is InChI=1S/C23H21N11/c1-2-23-7-4-9-33(23)20-18(32-15-27-30-21(23)32)12-26-22(29-20)31-10-8-25-19(31)16-5-3-6-17(11-16)34-14-24-13-28-34/h3,5-6,8,10-15H,2,4,7,9H2,1H3/t23-/m0/s1. The smallest absolute Gasteiger partial charge is 0.237 e. The molecule has 0 amide bonds. The number of fused-ring (bicyclic) bond motifs is 6. The Kier molecular flexibility index (Phi) is 3.96. The van der Waals surface area contributed by atoms with Crippen LogP contribution in [0.4, 0.5) is 5.82 Å². The molecule has 2 aliphatic rings. The van der Waals surface area contributed by atoms with E-state index < -0.39 is 0 Å². The van der Waals surface area contributed by atoms with Gasteiger partial charge in [0, 0.05) is 24.5 Å². The van der Waals surface area contributed by atoms with Crippen LogP contribution in [0.3, 0.4) is 0 Å². The number of nitrogens with zero attached hydrogens (tertiary/aromatic N) is 11. The van der Waals surface area contributed by atoms with Gasteiger partial charge in [0.2, 0.25) is 5.95 Å². The third kappa shape index (κ3) is 2.54. The molecule has 1 atom stereocenters. The number of hydrogen-bond donors (Lipinski definition) is 0. The molecule has 0 N–H and O–H groups in total. The molecule has 0 radical (unpaired) electrons. The molecule has 0 saturated carbocycles. The molecule has 1 saturated heterocycles. The molecule has 0 bridgehead atoms. The Bertz CT molecular complexity index is 1500. The van der Waals surface area contributed by atoms with Gasteiger partial charge in [-0.2, -0.15) is 10.1 Å². The first-order chi connectivity index (χ1) is 16.8. The highest BCUT2D eigenvalue weighted by molar-refractivity contribution is 5.66. The molecule has 5 aromatic rings. The zero-order chi connectivity index (χ0) is 22.7. The number of rotatable bonds is 4. The lowest BCUT2D eigenvalue weighted by molar-refractivity contribution is 0.382. The highest BCUT2D eigenvalue weighted by Gasteiger charge is 2.49. The van der Waals surface area contributed by atoms with Crippen LogP contribution in [0.2, 0.25) is 0 Å². The first-order valence-electron chi connectivity index (χ1n) is 11.3. The first-order valence-corrected chi connectivity index (χ1v) is 11.3. The Balaban J connectivity index is 1.35. The van der Waals surface area contributed by atoms with E-state index in [0.717, 1.165) is 60.2 Å². The number of anilines is 1. The fourth-order valence-corrected chi connectivity index (χ4v) is 5.32. The third-order valence-electron chi connectivity index (χ3n) is 6.93. The van der Waals surface area contributed by atoms with E-state index in [1.54, 1.807) is 23.5 Å². The zero-order valence-electron chi connectivity index (χ0n) is 18.5. The predicted octanol–water partition coefficient (Wildman–Crippen LogP) is 2.71. The maximum absolute atomic E-state index is 5.06. The molecule has 0 unspecified atom stereocenters. The third-order valence-corrected chi connectivity index (χ3v) is 6.93. The summed E-state index contributed by atoms with van der Waals surface area (Å²) in [5.41, 5.74) is 2.56. The van der Waals surface area contributed by atoms with Crippen molar-refractivity contribution in [3.05, 3.63) is 67.7 Å². The summed E-state index contributed by atoms with van der Waals surface area (Å²) >= 11 is 0.